The molecule has 1 saturated heterocycles. The maximum absolute atomic E-state index is 4.41. The number of anilines is 1. The SMILES string of the molecule is CCCCN(CC1CCCN1)c1ncc(Br)cn1. The third kappa shape index (κ3) is 3.92. The van der Waals surface area contributed by atoms with E-state index in [1.807, 2.05) is 12.4 Å². The molecule has 18 heavy (non-hydrogen) atoms. The molecule has 1 N–H and O–H groups in total. The van der Waals surface area contributed by atoms with Crippen molar-refractivity contribution in [2.45, 2.75) is 38.6 Å². The third-order valence-electron chi connectivity index (χ3n) is 3.27. The van der Waals surface area contributed by atoms with Crippen LogP contribution in [-0.4, -0.2) is 35.6 Å². The fraction of sp³-hybridized carbons (Fsp3) is 0.692. The van der Waals surface area contributed by atoms with Gasteiger partial charge in [0.25, 0.3) is 0 Å². The van der Waals surface area contributed by atoms with Gasteiger partial charge in [-0.3, -0.25) is 0 Å². The van der Waals surface area contributed by atoms with Crippen LogP contribution in [0.25, 0.3) is 0 Å². The van der Waals surface area contributed by atoms with Gasteiger partial charge in [0.1, 0.15) is 0 Å². The van der Waals surface area contributed by atoms with Crippen molar-refractivity contribution in [3.8, 4) is 0 Å². The molecule has 0 radical (unpaired) electrons. The minimum Gasteiger partial charge on any atom is -0.339 e. The molecular formula is C13H21BrN4. The highest BCUT2D eigenvalue weighted by atomic mass is 79.9. The molecular weight excluding hydrogens is 292 g/mol. The molecule has 1 unspecified atom stereocenters. The molecule has 1 aliphatic heterocycles. The van der Waals surface area contributed by atoms with E-state index < -0.39 is 0 Å². The Labute approximate surface area is 117 Å². The lowest BCUT2D eigenvalue weighted by Gasteiger charge is -2.25. The lowest BCUT2D eigenvalue weighted by molar-refractivity contribution is 0.565. The zero-order chi connectivity index (χ0) is 12.8. The fourth-order valence-corrected chi connectivity index (χ4v) is 2.47. The monoisotopic (exact) mass is 312 g/mol. The smallest absolute Gasteiger partial charge is 0.225 e. The van der Waals surface area contributed by atoms with E-state index in [2.05, 4.69) is 43.0 Å². The van der Waals surface area contributed by atoms with Crippen LogP contribution in [0, 0.1) is 0 Å². The Balaban J connectivity index is 2.00. The van der Waals surface area contributed by atoms with Crippen LogP contribution >= 0.6 is 15.9 Å². The quantitative estimate of drug-likeness (QED) is 0.876. The maximum Gasteiger partial charge on any atom is 0.225 e. The lowest BCUT2D eigenvalue weighted by Crippen LogP contribution is -2.39. The molecule has 0 amide bonds. The van der Waals surface area contributed by atoms with Gasteiger partial charge in [-0.05, 0) is 41.7 Å². The molecule has 4 nitrogen and oxygen atoms in total. The van der Waals surface area contributed by atoms with Crippen molar-refractivity contribution >= 4 is 21.9 Å². The summed E-state index contributed by atoms with van der Waals surface area (Å²) in [5.74, 6) is 0.848. The number of hydrogen-bond donors (Lipinski definition) is 1. The molecule has 1 atom stereocenters. The molecule has 1 aromatic heterocycles. The van der Waals surface area contributed by atoms with Crippen LogP contribution in [0.4, 0.5) is 5.95 Å². The molecule has 0 spiro atoms. The average molecular weight is 313 g/mol. The van der Waals surface area contributed by atoms with Crippen LogP contribution in [0.1, 0.15) is 32.6 Å². The number of halogens is 1. The van der Waals surface area contributed by atoms with Gasteiger partial charge in [-0.2, -0.15) is 0 Å². The molecule has 5 heteroatoms. The van der Waals surface area contributed by atoms with Crippen molar-refractivity contribution in [2.75, 3.05) is 24.5 Å². The Morgan fingerprint density at radius 1 is 1.44 bits per heavy atom. The van der Waals surface area contributed by atoms with E-state index in [4.69, 9.17) is 0 Å². The highest BCUT2D eigenvalue weighted by Crippen LogP contribution is 2.14. The number of nitrogens with zero attached hydrogens (tertiary/aromatic N) is 3. The molecule has 0 aliphatic carbocycles. The zero-order valence-electron chi connectivity index (χ0n) is 10.9. The van der Waals surface area contributed by atoms with Gasteiger partial charge >= 0.3 is 0 Å². The standard InChI is InChI=1S/C13H21BrN4/c1-2-3-7-18(10-12-5-4-6-15-12)13-16-8-11(14)9-17-13/h8-9,12,15H,2-7,10H2,1H3. The summed E-state index contributed by atoms with van der Waals surface area (Å²) < 4.78 is 0.931. The van der Waals surface area contributed by atoms with Gasteiger partial charge in [0.15, 0.2) is 0 Å². The summed E-state index contributed by atoms with van der Waals surface area (Å²) in [6, 6.07) is 0.592. The zero-order valence-corrected chi connectivity index (χ0v) is 12.5. The number of aromatic nitrogens is 2. The predicted molar refractivity (Wildman–Crippen MR) is 77.9 cm³/mol. The van der Waals surface area contributed by atoms with Gasteiger partial charge in [-0.25, -0.2) is 9.97 Å². The maximum atomic E-state index is 4.41. The fourth-order valence-electron chi connectivity index (χ4n) is 2.27. The van der Waals surface area contributed by atoms with Crippen molar-refractivity contribution in [1.29, 1.82) is 0 Å². The summed E-state index contributed by atoms with van der Waals surface area (Å²) in [5, 5.41) is 3.54. The summed E-state index contributed by atoms with van der Waals surface area (Å²) in [6.45, 7) is 5.42. The van der Waals surface area contributed by atoms with Crippen molar-refractivity contribution in [1.82, 2.24) is 15.3 Å². The van der Waals surface area contributed by atoms with E-state index in [-0.39, 0.29) is 0 Å². The van der Waals surface area contributed by atoms with Crippen LogP contribution in [0.2, 0.25) is 0 Å². The topological polar surface area (TPSA) is 41.0 Å². The van der Waals surface area contributed by atoms with Gasteiger partial charge in [-0.1, -0.05) is 13.3 Å². The van der Waals surface area contributed by atoms with Gasteiger partial charge < -0.3 is 10.2 Å². The highest BCUT2D eigenvalue weighted by Gasteiger charge is 2.19. The molecule has 1 aliphatic rings. The van der Waals surface area contributed by atoms with Gasteiger partial charge in [-0.15, -0.1) is 0 Å². The van der Waals surface area contributed by atoms with E-state index in [1.165, 1.54) is 25.7 Å². The Kier molecular flexibility index (Phi) is 5.38. The molecule has 0 aromatic carbocycles. The van der Waals surface area contributed by atoms with Crippen LogP contribution in [0.5, 0.6) is 0 Å². The Morgan fingerprint density at radius 3 is 2.83 bits per heavy atom. The summed E-state index contributed by atoms with van der Waals surface area (Å²) in [4.78, 5) is 11.1. The second-order valence-electron chi connectivity index (χ2n) is 4.79. The van der Waals surface area contributed by atoms with Crippen molar-refractivity contribution in [3.63, 3.8) is 0 Å². The van der Waals surface area contributed by atoms with Crippen LogP contribution in [0.15, 0.2) is 16.9 Å². The van der Waals surface area contributed by atoms with Crippen LogP contribution in [-0.2, 0) is 0 Å². The summed E-state index contributed by atoms with van der Waals surface area (Å²) in [7, 11) is 0. The average Bonchev–Trinajstić information content (AvgIpc) is 2.88. The Hall–Kier alpha value is -0.680. The van der Waals surface area contributed by atoms with E-state index in [9.17, 15) is 0 Å². The number of nitrogens with one attached hydrogen (secondary N) is 1. The van der Waals surface area contributed by atoms with Gasteiger partial charge in [0, 0.05) is 31.5 Å². The lowest BCUT2D eigenvalue weighted by atomic mass is 10.2. The second-order valence-corrected chi connectivity index (χ2v) is 5.71. The van der Waals surface area contributed by atoms with Gasteiger partial charge in [0.05, 0.1) is 4.47 Å². The third-order valence-corrected chi connectivity index (χ3v) is 3.68. The Morgan fingerprint density at radius 2 is 2.22 bits per heavy atom. The van der Waals surface area contributed by atoms with E-state index >= 15 is 0 Å². The first kappa shape index (κ1) is 13.7. The summed E-state index contributed by atoms with van der Waals surface area (Å²) in [5.41, 5.74) is 0. The molecule has 2 heterocycles. The minimum atomic E-state index is 0.592. The number of unbranched alkanes of at least 4 members (excludes halogenated alkanes) is 1. The van der Waals surface area contributed by atoms with Crippen LogP contribution < -0.4 is 10.2 Å². The largest absolute Gasteiger partial charge is 0.339 e. The molecule has 1 fully saturated rings. The van der Waals surface area contributed by atoms with E-state index in [1.54, 1.807) is 0 Å². The Bertz CT molecular complexity index is 349. The molecule has 100 valence electrons. The highest BCUT2D eigenvalue weighted by molar-refractivity contribution is 9.10. The first-order chi connectivity index (χ1) is 8.79. The first-order valence-corrected chi connectivity index (χ1v) is 7.54. The molecule has 0 saturated carbocycles. The van der Waals surface area contributed by atoms with Crippen molar-refractivity contribution in [3.05, 3.63) is 16.9 Å². The van der Waals surface area contributed by atoms with Gasteiger partial charge in [0.2, 0.25) is 5.95 Å². The second kappa shape index (κ2) is 7.04. The molecule has 2 rings (SSSR count). The summed E-state index contributed by atoms with van der Waals surface area (Å²) in [6.07, 6.45) is 8.58. The first-order valence-electron chi connectivity index (χ1n) is 6.75. The molecule has 0 bridgehead atoms. The predicted octanol–water partition coefficient (Wildman–Crippen LogP) is 2.60. The summed E-state index contributed by atoms with van der Waals surface area (Å²) >= 11 is 3.38. The van der Waals surface area contributed by atoms with Crippen LogP contribution in [0.3, 0.4) is 0 Å². The van der Waals surface area contributed by atoms with Crippen molar-refractivity contribution < 1.29 is 0 Å². The molecule has 1 aromatic rings. The van der Waals surface area contributed by atoms with Crippen molar-refractivity contribution in [2.24, 2.45) is 0 Å². The number of hydrogen-bond acceptors (Lipinski definition) is 4. The minimum absolute atomic E-state index is 0.592. The normalized spacial score (nSPS) is 19.1. The number of rotatable bonds is 6. The van der Waals surface area contributed by atoms with E-state index in [0.717, 1.165) is 30.1 Å². The van der Waals surface area contributed by atoms with E-state index in [0.29, 0.717) is 6.04 Å².